The van der Waals surface area contributed by atoms with Gasteiger partial charge in [-0.3, -0.25) is 0 Å². The SMILES string of the molecule is OCc1cccc(Br)c1OC1CCOC2(CCC2)C1. The number of ether oxygens (including phenoxy) is 2. The van der Waals surface area contributed by atoms with E-state index in [-0.39, 0.29) is 18.3 Å². The van der Waals surface area contributed by atoms with E-state index in [9.17, 15) is 5.11 Å². The summed E-state index contributed by atoms with van der Waals surface area (Å²) >= 11 is 3.51. The summed E-state index contributed by atoms with van der Waals surface area (Å²) in [6, 6.07) is 5.77. The van der Waals surface area contributed by atoms with Gasteiger partial charge in [-0.1, -0.05) is 12.1 Å². The summed E-state index contributed by atoms with van der Waals surface area (Å²) in [5.74, 6) is 0.784. The molecule has 1 saturated heterocycles. The summed E-state index contributed by atoms with van der Waals surface area (Å²) in [6.45, 7) is 0.784. The van der Waals surface area contributed by atoms with Crippen molar-refractivity contribution in [2.75, 3.05) is 6.61 Å². The highest BCUT2D eigenvalue weighted by molar-refractivity contribution is 9.10. The van der Waals surface area contributed by atoms with Crippen LogP contribution in [-0.4, -0.2) is 23.4 Å². The Morgan fingerprint density at radius 1 is 1.42 bits per heavy atom. The molecule has 1 aliphatic heterocycles. The van der Waals surface area contributed by atoms with Crippen LogP contribution < -0.4 is 4.74 Å². The lowest BCUT2D eigenvalue weighted by molar-refractivity contribution is -0.153. The van der Waals surface area contributed by atoms with Gasteiger partial charge in [-0.2, -0.15) is 0 Å². The maximum Gasteiger partial charge on any atom is 0.139 e. The molecule has 3 nitrogen and oxygen atoms in total. The van der Waals surface area contributed by atoms with Crippen LogP contribution in [0, 0.1) is 0 Å². The van der Waals surface area contributed by atoms with Crippen molar-refractivity contribution in [3.8, 4) is 5.75 Å². The lowest BCUT2D eigenvalue weighted by Crippen LogP contribution is -2.48. The molecule has 1 aromatic rings. The molecule has 4 heteroatoms. The van der Waals surface area contributed by atoms with Crippen LogP contribution >= 0.6 is 15.9 Å². The largest absolute Gasteiger partial charge is 0.489 e. The van der Waals surface area contributed by atoms with Gasteiger partial charge in [0.05, 0.1) is 23.3 Å². The van der Waals surface area contributed by atoms with Crippen molar-refractivity contribution in [3.05, 3.63) is 28.2 Å². The number of benzene rings is 1. The molecule has 1 aromatic carbocycles. The lowest BCUT2D eigenvalue weighted by atomic mass is 9.74. The van der Waals surface area contributed by atoms with Crippen LogP contribution in [0.25, 0.3) is 0 Å². The topological polar surface area (TPSA) is 38.7 Å². The second kappa shape index (κ2) is 5.43. The lowest BCUT2D eigenvalue weighted by Gasteiger charge is -2.47. The normalized spacial score (nSPS) is 25.1. The fourth-order valence-electron chi connectivity index (χ4n) is 2.98. The quantitative estimate of drug-likeness (QED) is 0.924. The summed E-state index contributed by atoms with van der Waals surface area (Å²) in [4.78, 5) is 0. The highest BCUT2D eigenvalue weighted by atomic mass is 79.9. The second-order valence-electron chi connectivity index (χ2n) is 5.50. The predicted molar refractivity (Wildman–Crippen MR) is 76.2 cm³/mol. The summed E-state index contributed by atoms with van der Waals surface area (Å²) < 4.78 is 13.0. The van der Waals surface area contributed by atoms with Crippen LogP contribution in [0.4, 0.5) is 0 Å². The molecule has 1 atom stereocenters. The van der Waals surface area contributed by atoms with Gasteiger partial charge in [-0.05, 0) is 41.3 Å². The van der Waals surface area contributed by atoms with Crippen LogP contribution in [0.3, 0.4) is 0 Å². The Morgan fingerprint density at radius 3 is 2.95 bits per heavy atom. The Balaban J connectivity index is 1.74. The Hall–Kier alpha value is -0.580. The number of hydrogen-bond donors (Lipinski definition) is 1. The van der Waals surface area contributed by atoms with Gasteiger partial charge in [-0.15, -0.1) is 0 Å². The number of hydrogen-bond acceptors (Lipinski definition) is 3. The summed E-state index contributed by atoms with van der Waals surface area (Å²) in [6.07, 6.45) is 5.68. The van der Waals surface area contributed by atoms with E-state index < -0.39 is 0 Å². The molecule has 3 rings (SSSR count). The monoisotopic (exact) mass is 326 g/mol. The van der Waals surface area contributed by atoms with E-state index in [1.165, 1.54) is 6.42 Å². The first-order valence-electron chi connectivity index (χ1n) is 6.91. The van der Waals surface area contributed by atoms with Gasteiger partial charge >= 0.3 is 0 Å². The first-order valence-corrected chi connectivity index (χ1v) is 7.71. The maximum absolute atomic E-state index is 9.41. The smallest absolute Gasteiger partial charge is 0.139 e. The predicted octanol–water partition coefficient (Wildman–Crippen LogP) is 3.42. The van der Waals surface area contributed by atoms with Crippen LogP contribution in [0.2, 0.25) is 0 Å². The molecular weight excluding hydrogens is 308 g/mol. The molecule has 0 bridgehead atoms. The molecule has 0 radical (unpaired) electrons. The van der Waals surface area contributed by atoms with Crippen LogP contribution in [0.5, 0.6) is 5.75 Å². The molecule has 0 amide bonds. The second-order valence-corrected chi connectivity index (χ2v) is 6.36. The molecule has 104 valence electrons. The highest BCUT2D eigenvalue weighted by Crippen LogP contribution is 2.43. The number of aliphatic hydroxyl groups is 1. The van der Waals surface area contributed by atoms with E-state index in [0.717, 1.165) is 48.1 Å². The van der Waals surface area contributed by atoms with Crippen molar-refractivity contribution in [1.82, 2.24) is 0 Å². The van der Waals surface area contributed by atoms with Gasteiger partial charge in [0.15, 0.2) is 0 Å². The third-order valence-corrected chi connectivity index (χ3v) is 4.84. The molecular formula is C15H19BrO3. The molecule has 0 aromatic heterocycles. The Bertz CT molecular complexity index is 457. The minimum absolute atomic E-state index is 0.00311. The number of para-hydroxylation sites is 1. The average molecular weight is 327 g/mol. The van der Waals surface area contributed by atoms with Gasteiger partial charge in [0.1, 0.15) is 11.9 Å². The fourth-order valence-corrected chi connectivity index (χ4v) is 3.48. The van der Waals surface area contributed by atoms with E-state index >= 15 is 0 Å². The van der Waals surface area contributed by atoms with Crippen molar-refractivity contribution in [3.63, 3.8) is 0 Å². The summed E-state index contributed by atoms with van der Waals surface area (Å²) in [7, 11) is 0. The van der Waals surface area contributed by atoms with Crippen LogP contribution in [0.15, 0.2) is 22.7 Å². The van der Waals surface area contributed by atoms with Gasteiger partial charge in [-0.25, -0.2) is 0 Å². The van der Waals surface area contributed by atoms with Crippen molar-refractivity contribution >= 4 is 15.9 Å². The Kier molecular flexibility index (Phi) is 3.83. The molecule has 1 unspecified atom stereocenters. The maximum atomic E-state index is 9.41. The molecule has 1 spiro atoms. The standard InChI is InChI=1S/C15H19BrO3/c16-13-4-1-3-11(10-17)14(13)19-12-5-8-18-15(9-12)6-2-7-15/h1,3-4,12,17H,2,5-10H2. The van der Waals surface area contributed by atoms with Crippen LogP contribution in [-0.2, 0) is 11.3 Å². The van der Waals surface area contributed by atoms with E-state index in [1.807, 2.05) is 18.2 Å². The minimum Gasteiger partial charge on any atom is -0.489 e. The van der Waals surface area contributed by atoms with Crippen molar-refractivity contribution in [1.29, 1.82) is 0 Å². The highest BCUT2D eigenvalue weighted by Gasteiger charge is 2.43. The third-order valence-electron chi connectivity index (χ3n) is 4.22. The zero-order valence-electron chi connectivity index (χ0n) is 10.9. The van der Waals surface area contributed by atoms with Gasteiger partial charge in [0, 0.05) is 18.4 Å². The zero-order chi connectivity index (χ0) is 13.3. The first kappa shape index (κ1) is 13.4. The van der Waals surface area contributed by atoms with Crippen LogP contribution in [0.1, 0.15) is 37.7 Å². The van der Waals surface area contributed by atoms with E-state index in [1.54, 1.807) is 0 Å². The molecule has 1 aliphatic carbocycles. The Morgan fingerprint density at radius 2 is 2.26 bits per heavy atom. The Labute approximate surface area is 122 Å². The molecule has 2 aliphatic rings. The van der Waals surface area contributed by atoms with Crippen molar-refractivity contribution < 1.29 is 14.6 Å². The molecule has 19 heavy (non-hydrogen) atoms. The average Bonchev–Trinajstić information content (AvgIpc) is 2.40. The summed E-state index contributed by atoms with van der Waals surface area (Å²) in [5, 5.41) is 9.41. The molecule has 1 N–H and O–H groups in total. The number of rotatable bonds is 3. The summed E-state index contributed by atoms with van der Waals surface area (Å²) in [5.41, 5.74) is 0.923. The van der Waals surface area contributed by atoms with Gasteiger partial charge in [0.2, 0.25) is 0 Å². The van der Waals surface area contributed by atoms with Gasteiger partial charge < -0.3 is 14.6 Å². The first-order chi connectivity index (χ1) is 9.22. The van der Waals surface area contributed by atoms with Crippen molar-refractivity contribution in [2.24, 2.45) is 0 Å². The number of aliphatic hydroxyl groups excluding tert-OH is 1. The molecule has 1 heterocycles. The molecule has 2 fully saturated rings. The van der Waals surface area contributed by atoms with E-state index in [2.05, 4.69) is 15.9 Å². The third kappa shape index (κ3) is 2.67. The zero-order valence-corrected chi connectivity index (χ0v) is 12.5. The molecule has 1 saturated carbocycles. The number of halogens is 1. The fraction of sp³-hybridized carbons (Fsp3) is 0.600. The van der Waals surface area contributed by atoms with Gasteiger partial charge in [0.25, 0.3) is 0 Å². The van der Waals surface area contributed by atoms with E-state index in [0.29, 0.717) is 0 Å². The van der Waals surface area contributed by atoms with E-state index in [4.69, 9.17) is 9.47 Å². The minimum atomic E-state index is 0.00311. The van der Waals surface area contributed by atoms with Crippen molar-refractivity contribution in [2.45, 2.75) is 50.4 Å².